The van der Waals surface area contributed by atoms with Gasteiger partial charge in [0.05, 0.1) is 11.0 Å². The van der Waals surface area contributed by atoms with Crippen molar-refractivity contribution >= 4 is 34.4 Å². The van der Waals surface area contributed by atoms with Crippen molar-refractivity contribution in [2.24, 2.45) is 0 Å². The maximum absolute atomic E-state index is 12.5. The van der Waals surface area contributed by atoms with Gasteiger partial charge in [0.1, 0.15) is 5.82 Å². The third kappa shape index (κ3) is 5.44. The summed E-state index contributed by atoms with van der Waals surface area (Å²) in [5, 5.41) is 3.51. The highest BCUT2D eigenvalue weighted by atomic mass is 35.5. The van der Waals surface area contributed by atoms with Crippen LogP contribution in [0.5, 0.6) is 0 Å². The van der Waals surface area contributed by atoms with Crippen molar-refractivity contribution in [3.05, 3.63) is 64.9 Å². The average Bonchev–Trinajstić information content (AvgIpc) is 3.23. The van der Waals surface area contributed by atoms with Gasteiger partial charge in [-0.05, 0) is 43.0 Å². The highest BCUT2D eigenvalue weighted by Gasteiger charge is 2.25. The Hall–Kier alpha value is -2.86. The number of nitrogens with one attached hydrogen (secondary N) is 2. The number of imidazole rings is 1. The first-order chi connectivity index (χ1) is 15.1. The smallest absolute Gasteiger partial charge is 0.222 e. The molecule has 1 aromatic heterocycles. The van der Waals surface area contributed by atoms with E-state index in [0.717, 1.165) is 48.4 Å². The summed E-state index contributed by atoms with van der Waals surface area (Å²) < 4.78 is 0. The molecular weight excluding hydrogens is 412 g/mol. The van der Waals surface area contributed by atoms with Crippen LogP contribution in [0.15, 0.2) is 48.5 Å². The van der Waals surface area contributed by atoms with Gasteiger partial charge in [-0.25, -0.2) is 4.98 Å². The normalized spacial score (nSPS) is 14.7. The molecule has 0 radical (unpaired) electrons. The Bertz CT molecular complexity index is 1020. The number of rotatable bonds is 7. The Labute approximate surface area is 187 Å². The van der Waals surface area contributed by atoms with Crippen LogP contribution in [0.25, 0.3) is 11.0 Å². The molecule has 7 heteroatoms. The topological polar surface area (TPSA) is 78.1 Å². The monoisotopic (exact) mass is 438 g/mol. The zero-order chi connectivity index (χ0) is 21.6. The van der Waals surface area contributed by atoms with Crippen LogP contribution in [0.1, 0.15) is 49.4 Å². The van der Waals surface area contributed by atoms with Crippen molar-refractivity contribution in [2.45, 2.75) is 44.6 Å². The molecule has 0 aliphatic carbocycles. The Kier molecular flexibility index (Phi) is 6.87. The second kappa shape index (κ2) is 9.96. The standard InChI is InChI=1S/C24H27ClN4O2/c25-19-7-2-1-6-18(19)16-26-22(30)10-5-11-23(31)29-14-12-17(13-15-29)24-27-20-8-3-4-9-21(20)28-24/h1-4,6-9,17H,5,10-16H2,(H,26,30)(H,27,28). The third-order valence-corrected chi connectivity index (χ3v) is 6.24. The minimum Gasteiger partial charge on any atom is -0.352 e. The summed E-state index contributed by atoms with van der Waals surface area (Å²) in [7, 11) is 0. The second-order valence-electron chi connectivity index (χ2n) is 8.02. The van der Waals surface area contributed by atoms with Gasteiger partial charge in [0, 0.05) is 43.4 Å². The highest BCUT2D eigenvalue weighted by Crippen LogP contribution is 2.28. The molecule has 2 N–H and O–H groups in total. The molecule has 4 rings (SSSR count). The fraction of sp³-hybridized carbons (Fsp3) is 0.375. The van der Waals surface area contributed by atoms with Crippen LogP contribution in [0, 0.1) is 0 Å². The first-order valence-corrected chi connectivity index (χ1v) is 11.2. The van der Waals surface area contributed by atoms with E-state index in [2.05, 4.69) is 10.3 Å². The number of hydrogen-bond acceptors (Lipinski definition) is 3. The molecule has 6 nitrogen and oxygen atoms in total. The number of benzene rings is 2. The molecule has 0 spiro atoms. The predicted molar refractivity (Wildman–Crippen MR) is 122 cm³/mol. The number of halogens is 1. The van der Waals surface area contributed by atoms with Gasteiger partial charge < -0.3 is 15.2 Å². The fourth-order valence-electron chi connectivity index (χ4n) is 4.05. The van der Waals surface area contributed by atoms with Crippen molar-refractivity contribution < 1.29 is 9.59 Å². The van der Waals surface area contributed by atoms with Crippen molar-refractivity contribution in [3.63, 3.8) is 0 Å². The van der Waals surface area contributed by atoms with Crippen LogP contribution in [-0.4, -0.2) is 39.8 Å². The van der Waals surface area contributed by atoms with Gasteiger partial charge in [0.25, 0.3) is 0 Å². The van der Waals surface area contributed by atoms with E-state index < -0.39 is 0 Å². The molecule has 1 aliphatic heterocycles. The van der Waals surface area contributed by atoms with Crippen LogP contribution in [0.3, 0.4) is 0 Å². The molecule has 1 fully saturated rings. The van der Waals surface area contributed by atoms with E-state index in [1.165, 1.54) is 0 Å². The average molecular weight is 439 g/mol. The van der Waals surface area contributed by atoms with E-state index in [4.69, 9.17) is 16.6 Å². The number of fused-ring (bicyclic) bond motifs is 1. The van der Waals surface area contributed by atoms with Gasteiger partial charge in [-0.1, -0.05) is 41.9 Å². The molecule has 2 amide bonds. The second-order valence-corrected chi connectivity index (χ2v) is 8.42. The minimum absolute atomic E-state index is 0.0590. The first kappa shape index (κ1) is 21.4. The number of carbonyl (C=O) groups excluding carboxylic acids is 2. The van der Waals surface area contributed by atoms with Crippen LogP contribution < -0.4 is 5.32 Å². The molecule has 162 valence electrons. The van der Waals surface area contributed by atoms with Crippen molar-refractivity contribution in [1.82, 2.24) is 20.2 Å². The molecule has 2 aromatic carbocycles. The third-order valence-electron chi connectivity index (χ3n) is 5.87. The van der Waals surface area contributed by atoms with Crippen molar-refractivity contribution in [3.8, 4) is 0 Å². The van der Waals surface area contributed by atoms with E-state index in [0.29, 0.717) is 36.7 Å². The SMILES string of the molecule is O=C(CCCC(=O)N1CCC(c2nc3ccccc3[nH]2)CC1)NCc1ccccc1Cl. The molecule has 31 heavy (non-hydrogen) atoms. The van der Waals surface area contributed by atoms with E-state index in [9.17, 15) is 9.59 Å². The predicted octanol–water partition coefficient (Wildman–Crippen LogP) is 4.41. The molecule has 2 heterocycles. The lowest BCUT2D eigenvalue weighted by molar-refractivity contribution is -0.132. The number of aromatic amines is 1. The number of hydrogen-bond donors (Lipinski definition) is 2. The summed E-state index contributed by atoms with van der Waals surface area (Å²) >= 11 is 6.10. The number of carbonyl (C=O) groups is 2. The number of H-pyrrole nitrogens is 1. The van der Waals surface area contributed by atoms with Gasteiger partial charge in [0.15, 0.2) is 0 Å². The Balaban J connectivity index is 1.17. The van der Waals surface area contributed by atoms with Crippen LogP contribution in [-0.2, 0) is 16.1 Å². The summed E-state index contributed by atoms with van der Waals surface area (Å²) in [6, 6.07) is 15.5. The summed E-state index contributed by atoms with van der Waals surface area (Å²) in [5.74, 6) is 1.44. The maximum Gasteiger partial charge on any atom is 0.222 e. The molecule has 0 bridgehead atoms. The van der Waals surface area contributed by atoms with Gasteiger partial charge in [-0.2, -0.15) is 0 Å². The van der Waals surface area contributed by atoms with Crippen LogP contribution in [0.2, 0.25) is 5.02 Å². The highest BCUT2D eigenvalue weighted by molar-refractivity contribution is 6.31. The van der Waals surface area contributed by atoms with E-state index >= 15 is 0 Å². The molecule has 3 aromatic rings. The van der Waals surface area contributed by atoms with Crippen molar-refractivity contribution in [1.29, 1.82) is 0 Å². The Morgan fingerprint density at radius 2 is 1.81 bits per heavy atom. The molecule has 0 unspecified atom stereocenters. The molecule has 0 atom stereocenters. The zero-order valence-electron chi connectivity index (χ0n) is 17.4. The Morgan fingerprint density at radius 1 is 1.06 bits per heavy atom. The number of nitrogens with zero attached hydrogens (tertiary/aromatic N) is 2. The molecule has 0 saturated carbocycles. The summed E-state index contributed by atoms with van der Waals surface area (Å²) in [5.41, 5.74) is 2.94. The quantitative estimate of drug-likeness (QED) is 0.573. The summed E-state index contributed by atoms with van der Waals surface area (Å²) in [4.78, 5) is 34.7. The van der Waals surface area contributed by atoms with E-state index in [-0.39, 0.29) is 11.8 Å². The van der Waals surface area contributed by atoms with E-state index in [1.807, 2.05) is 47.4 Å². The first-order valence-electron chi connectivity index (χ1n) is 10.8. The van der Waals surface area contributed by atoms with Crippen LogP contribution in [0.4, 0.5) is 0 Å². The number of para-hydroxylation sites is 2. The minimum atomic E-state index is -0.0590. The van der Waals surface area contributed by atoms with Gasteiger partial charge in [-0.15, -0.1) is 0 Å². The lowest BCUT2D eigenvalue weighted by Gasteiger charge is -2.31. The number of likely N-dealkylation sites (tertiary alicyclic amines) is 1. The number of amides is 2. The fourth-order valence-corrected chi connectivity index (χ4v) is 4.25. The number of aromatic nitrogens is 2. The van der Waals surface area contributed by atoms with Crippen molar-refractivity contribution in [2.75, 3.05) is 13.1 Å². The number of piperidine rings is 1. The molecule has 1 aliphatic rings. The summed E-state index contributed by atoms with van der Waals surface area (Å²) in [6.45, 7) is 1.88. The van der Waals surface area contributed by atoms with Gasteiger partial charge >= 0.3 is 0 Å². The largest absolute Gasteiger partial charge is 0.352 e. The lowest BCUT2D eigenvalue weighted by Crippen LogP contribution is -2.38. The lowest BCUT2D eigenvalue weighted by atomic mass is 9.96. The van der Waals surface area contributed by atoms with Crippen LogP contribution >= 0.6 is 11.6 Å². The molecular formula is C24H27ClN4O2. The van der Waals surface area contributed by atoms with Gasteiger partial charge in [0.2, 0.25) is 11.8 Å². The Morgan fingerprint density at radius 3 is 2.58 bits per heavy atom. The maximum atomic E-state index is 12.5. The molecule has 1 saturated heterocycles. The van der Waals surface area contributed by atoms with Gasteiger partial charge in [-0.3, -0.25) is 9.59 Å². The summed E-state index contributed by atoms with van der Waals surface area (Å²) in [6.07, 6.45) is 3.10. The zero-order valence-corrected chi connectivity index (χ0v) is 18.2. The van der Waals surface area contributed by atoms with E-state index in [1.54, 1.807) is 6.07 Å².